The van der Waals surface area contributed by atoms with Crippen LogP contribution in [-0.2, 0) is 4.79 Å². The summed E-state index contributed by atoms with van der Waals surface area (Å²) in [5.41, 5.74) is 1.16. The first kappa shape index (κ1) is 23.1. The van der Waals surface area contributed by atoms with E-state index in [0.29, 0.717) is 17.0 Å². The van der Waals surface area contributed by atoms with Crippen LogP contribution in [0, 0.1) is 0 Å². The number of carbonyl (C=O) groups is 2. The lowest BCUT2D eigenvalue weighted by molar-refractivity contribution is -0.120. The van der Waals surface area contributed by atoms with Crippen molar-refractivity contribution >= 4 is 27.5 Å². The molecule has 2 amide bonds. The maximum atomic E-state index is 13.3. The Kier molecular flexibility index (Phi) is 6.73. The van der Waals surface area contributed by atoms with Gasteiger partial charge in [-0.15, -0.1) is 0 Å². The van der Waals surface area contributed by atoms with Crippen molar-refractivity contribution in [3.8, 4) is 11.8 Å². The summed E-state index contributed by atoms with van der Waals surface area (Å²) in [6, 6.07) is 13.5. The van der Waals surface area contributed by atoms with Crippen LogP contribution in [0.4, 0.5) is 5.69 Å². The van der Waals surface area contributed by atoms with Crippen LogP contribution >= 0.6 is 10.0 Å². The fourth-order valence-corrected chi connectivity index (χ4v) is 4.02. The second-order valence-electron chi connectivity index (χ2n) is 7.83. The maximum absolute atomic E-state index is 13.3. The number of anilines is 1. The van der Waals surface area contributed by atoms with Gasteiger partial charge in [-0.3, -0.25) is 9.59 Å². The van der Waals surface area contributed by atoms with Crippen molar-refractivity contribution in [2.24, 2.45) is 0 Å². The van der Waals surface area contributed by atoms with E-state index in [-0.39, 0.29) is 0 Å². The molecule has 0 aliphatic carbocycles. The number of rotatable bonds is 7. The van der Waals surface area contributed by atoms with Crippen molar-refractivity contribution in [3.63, 3.8) is 0 Å². The van der Waals surface area contributed by atoms with Crippen molar-refractivity contribution in [3.05, 3.63) is 60.0 Å². The summed E-state index contributed by atoms with van der Waals surface area (Å²) >= 11 is 0. The zero-order chi connectivity index (χ0) is 23.5. The molecule has 32 heavy (non-hydrogen) atoms. The van der Waals surface area contributed by atoms with Crippen molar-refractivity contribution < 1.29 is 23.8 Å². The van der Waals surface area contributed by atoms with Crippen LogP contribution in [-0.4, -0.2) is 64.9 Å². The highest BCUT2D eigenvalue weighted by molar-refractivity contribution is 8.32. The summed E-state index contributed by atoms with van der Waals surface area (Å²) in [6.07, 6.45) is 5.84. The van der Waals surface area contributed by atoms with Crippen LogP contribution in [0.25, 0.3) is 0 Å². The van der Waals surface area contributed by atoms with E-state index in [1.165, 1.54) is 16.8 Å². The zero-order valence-electron chi connectivity index (χ0n) is 18.5. The standard InChI is InChI=1S/C22H26N4O5S/c1-26(21(28)20-24-25-22(29)31-20)18(14-6-10-16(30-2)11-7-14)19(27)23-15-8-12-17(13-9-15)32(3,4)5/h6-13,18H,1-5H3,(H,23,27)(H,25,29). The van der Waals surface area contributed by atoms with Gasteiger partial charge in [-0.2, -0.15) is 0 Å². The van der Waals surface area contributed by atoms with Crippen LogP contribution in [0.3, 0.4) is 0 Å². The number of ether oxygens (including phenoxy) is 1. The summed E-state index contributed by atoms with van der Waals surface area (Å²) in [5.74, 6) is -0.941. The molecular formula is C22H26N4O5S. The minimum atomic E-state index is -1.00. The number of benzene rings is 2. The fourth-order valence-electron chi connectivity index (χ4n) is 3.06. The van der Waals surface area contributed by atoms with Crippen molar-refractivity contribution in [2.75, 3.05) is 38.2 Å². The van der Waals surface area contributed by atoms with Gasteiger partial charge in [0.1, 0.15) is 11.8 Å². The summed E-state index contributed by atoms with van der Waals surface area (Å²) in [7, 11) is 2.10. The number of likely N-dealkylation sites (N-methyl/N-ethyl adjacent to an activating group) is 1. The van der Waals surface area contributed by atoms with E-state index in [0.717, 1.165) is 0 Å². The number of hydrogen-bond acceptors (Lipinski definition) is 7. The molecule has 1 atom stereocenters. The lowest BCUT2D eigenvalue weighted by atomic mass is 10.0. The average molecular weight is 459 g/mol. The summed E-state index contributed by atoms with van der Waals surface area (Å²) in [6.45, 7) is 0. The van der Waals surface area contributed by atoms with Crippen LogP contribution in [0.2, 0.25) is 0 Å². The summed E-state index contributed by atoms with van der Waals surface area (Å²) in [5, 5.41) is 18.9. The number of aromatic hydroxyl groups is 1. The molecule has 1 aromatic heterocycles. The van der Waals surface area contributed by atoms with E-state index in [4.69, 9.17) is 9.15 Å². The Morgan fingerprint density at radius 1 is 1.06 bits per heavy atom. The predicted octanol–water partition coefficient (Wildman–Crippen LogP) is 3.29. The minimum absolute atomic E-state index is 0.422. The van der Waals surface area contributed by atoms with Gasteiger partial charge in [-0.25, -0.2) is 10.0 Å². The van der Waals surface area contributed by atoms with Gasteiger partial charge in [0.05, 0.1) is 7.11 Å². The molecule has 0 fully saturated rings. The number of aromatic nitrogens is 2. The van der Waals surface area contributed by atoms with Crippen molar-refractivity contribution in [2.45, 2.75) is 10.9 Å². The van der Waals surface area contributed by atoms with Crippen LogP contribution in [0.1, 0.15) is 22.3 Å². The maximum Gasteiger partial charge on any atom is 0.412 e. The fraction of sp³-hybridized carbons (Fsp3) is 0.273. The number of amides is 2. The molecule has 0 spiro atoms. The number of carbonyl (C=O) groups excluding carboxylic acids is 2. The van der Waals surface area contributed by atoms with E-state index >= 15 is 0 Å². The highest BCUT2D eigenvalue weighted by Crippen LogP contribution is 2.45. The Hall–Kier alpha value is -3.53. The molecule has 170 valence electrons. The average Bonchev–Trinajstić information content (AvgIpc) is 3.19. The molecule has 1 heterocycles. The topological polar surface area (TPSA) is 118 Å². The van der Waals surface area contributed by atoms with Gasteiger partial charge < -0.3 is 24.5 Å². The highest BCUT2D eigenvalue weighted by atomic mass is 32.3. The number of nitrogens with one attached hydrogen (secondary N) is 1. The van der Waals surface area contributed by atoms with Crippen LogP contribution < -0.4 is 10.1 Å². The van der Waals surface area contributed by atoms with E-state index in [9.17, 15) is 14.7 Å². The smallest absolute Gasteiger partial charge is 0.412 e. The number of hydrogen-bond donors (Lipinski definition) is 2. The van der Waals surface area contributed by atoms with E-state index in [1.807, 2.05) is 24.3 Å². The molecular weight excluding hydrogens is 432 g/mol. The number of nitrogens with zero attached hydrogens (tertiary/aromatic N) is 3. The summed E-state index contributed by atoms with van der Waals surface area (Å²) in [4.78, 5) is 28.5. The second kappa shape index (κ2) is 9.31. The molecule has 0 saturated carbocycles. The van der Waals surface area contributed by atoms with Gasteiger partial charge in [-0.1, -0.05) is 22.3 Å². The zero-order valence-corrected chi connectivity index (χ0v) is 19.3. The number of methoxy groups -OCH3 is 1. The molecule has 0 radical (unpaired) electrons. The Balaban J connectivity index is 1.90. The Labute approximate surface area is 187 Å². The first-order chi connectivity index (χ1) is 15.1. The van der Waals surface area contributed by atoms with Crippen molar-refractivity contribution in [1.82, 2.24) is 15.1 Å². The highest BCUT2D eigenvalue weighted by Gasteiger charge is 2.32. The van der Waals surface area contributed by atoms with Gasteiger partial charge in [0.15, 0.2) is 0 Å². The Morgan fingerprint density at radius 3 is 2.19 bits per heavy atom. The molecule has 2 aromatic carbocycles. The van der Waals surface area contributed by atoms with Gasteiger partial charge in [0.2, 0.25) is 0 Å². The normalized spacial score (nSPS) is 12.7. The van der Waals surface area contributed by atoms with Crippen LogP contribution in [0.5, 0.6) is 11.8 Å². The first-order valence-corrected chi connectivity index (χ1v) is 12.5. The van der Waals surface area contributed by atoms with Gasteiger partial charge in [0.25, 0.3) is 5.91 Å². The minimum Gasteiger partial charge on any atom is -0.497 e. The van der Waals surface area contributed by atoms with Gasteiger partial charge in [-0.05, 0) is 65.6 Å². The third kappa shape index (κ3) is 5.20. The summed E-state index contributed by atoms with van der Waals surface area (Å²) < 4.78 is 10.0. The Bertz CT molecular complexity index is 1090. The second-order valence-corrected chi connectivity index (χ2v) is 12.0. The third-order valence-corrected chi connectivity index (χ3v) is 6.50. The first-order valence-electron chi connectivity index (χ1n) is 9.63. The molecule has 0 aliphatic rings. The largest absolute Gasteiger partial charge is 0.497 e. The SMILES string of the molecule is COc1ccc(C(C(=O)Nc2ccc(S(C)(C)C)cc2)N(C)C(=O)c2nnc(O)o2)cc1. The quantitative estimate of drug-likeness (QED) is 0.558. The molecule has 0 bridgehead atoms. The van der Waals surface area contributed by atoms with Crippen LogP contribution in [0.15, 0.2) is 57.8 Å². The van der Waals surface area contributed by atoms with Crippen molar-refractivity contribution in [1.29, 1.82) is 0 Å². The molecule has 10 heteroatoms. The lowest BCUT2D eigenvalue weighted by Crippen LogP contribution is -2.38. The molecule has 0 saturated heterocycles. The monoisotopic (exact) mass is 458 g/mol. The predicted molar refractivity (Wildman–Crippen MR) is 122 cm³/mol. The molecule has 0 aliphatic heterocycles. The molecule has 3 rings (SSSR count). The van der Waals surface area contributed by atoms with E-state index in [2.05, 4.69) is 34.3 Å². The third-order valence-electron chi connectivity index (χ3n) is 4.81. The molecule has 1 unspecified atom stereocenters. The van der Waals surface area contributed by atoms with Gasteiger partial charge in [0, 0.05) is 12.7 Å². The molecule has 9 nitrogen and oxygen atoms in total. The van der Waals surface area contributed by atoms with E-state index < -0.39 is 39.9 Å². The lowest BCUT2D eigenvalue weighted by Gasteiger charge is -2.27. The van der Waals surface area contributed by atoms with E-state index in [1.54, 1.807) is 31.4 Å². The molecule has 3 aromatic rings. The van der Waals surface area contributed by atoms with Gasteiger partial charge >= 0.3 is 17.9 Å². The Morgan fingerprint density at radius 2 is 1.69 bits per heavy atom. The molecule has 2 N–H and O–H groups in total.